The number of rotatable bonds is 7. The van der Waals surface area contributed by atoms with Crippen LogP contribution in [-0.4, -0.2) is 55.7 Å². The van der Waals surface area contributed by atoms with Crippen LogP contribution in [0.25, 0.3) is 0 Å². The van der Waals surface area contributed by atoms with E-state index in [4.69, 9.17) is 4.74 Å². The van der Waals surface area contributed by atoms with E-state index in [1.165, 1.54) is 31.2 Å². The van der Waals surface area contributed by atoms with Gasteiger partial charge in [0.2, 0.25) is 21.8 Å². The molecule has 2 heterocycles. The zero-order valence-corrected chi connectivity index (χ0v) is 19.9. The Labute approximate surface area is 198 Å². The first-order valence-electron chi connectivity index (χ1n) is 11.1. The molecular formula is C24H27N3O6S. The summed E-state index contributed by atoms with van der Waals surface area (Å²) in [7, 11) is -4.14. The fraction of sp³-hybridized carbons (Fsp3) is 0.375. The van der Waals surface area contributed by atoms with Crippen molar-refractivity contribution in [1.29, 1.82) is 0 Å². The van der Waals surface area contributed by atoms with Crippen molar-refractivity contribution in [3.63, 3.8) is 0 Å². The molecule has 34 heavy (non-hydrogen) atoms. The number of anilines is 2. The van der Waals surface area contributed by atoms with Crippen LogP contribution in [-0.2, 0) is 29.1 Å². The molecule has 0 aromatic heterocycles. The van der Waals surface area contributed by atoms with Crippen molar-refractivity contribution in [3.05, 3.63) is 54.1 Å². The van der Waals surface area contributed by atoms with E-state index in [0.29, 0.717) is 24.4 Å². The van der Waals surface area contributed by atoms with Crippen molar-refractivity contribution in [2.45, 2.75) is 50.2 Å². The third-order valence-corrected chi connectivity index (χ3v) is 7.84. The summed E-state index contributed by atoms with van der Waals surface area (Å²) in [5.41, 5.74) is 1.84. The van der Waals surface area contributed by atoms with E-state index in [1.54, 1.807) is 24.3 Å². The van der Waals surface area contributed by atoms with E-state index in [1.807, 2.05) is 6.92 Å². The Morgan fingerprint density at radius 1 is 1.12 bits per heavy atom. The molecule has 2 aromatic rings. The largest absolute Gasteiger partial charge is 0.377 e. The van der Waals surface area contributed by atoms with Gasteiger partial charge in [0.1, 0.15) is 6.04 Å². The second-order valence-electron chi connectivity index (χ2n) is 8.54. The van der Waals surface area contributed by atoms with Crippen molar-refractivity contribution in [3.8, 4) is 0 Å². The highest BCUT2D eigenvalue weighted by atomic mass is 32.2. The van der Waals surface area contributed by atoms with Crippen LogP contribution in [0.15, 0.2) is 53.4 Å². The van der Waals surface area contributed by atoms with Gasteiger partial charge in [-0.05, 0) is 56.2 Å². The monoisotopic (exact) mass is 485 g/mol. The van der Waals surface area contributed by atoms with Gasteiger partial charge in [-0.3, -0.25) is 14.4 Å². The maximum absolute atomic E-state index is 13.7. The number of nitrogens with one attached hydrogen (secondary N) is 1. The summed E-state index contributed by atoms with van der Waals surface area (Å²) in [4.78, 5) is 38.5. The minimum atomic E-state index is -4.14. The number of imide groups is 1. The van der Waals surface area contributed by atoms with Crippen LogP contribution in [0.5, 0.6) is 0 Å². The molecule has 2 aromatic carbocycles. The number of carbonyl (C=O) groups excluding carboxylic acids is 3. The van der Waals surface area contributed by atoms with Crippen molar-refractivity contribution in [2.75, 3.05) is 23.4 Å². The molecule has 2 saturated heterocycles. The van der Waals surface area contributed by atoms with Crippen LogP contribution in [0.1, 0.15) is 31.7 Å². The van der Waals surface area contributed by atoms with Gasteiger partial charge in [-0.15, -0.1) is 0 Å². The van der Waals surface area contributed by atoms with Gasteiger partial charge < -0.3 is 10.1 Å². The number of nitrogens with zero attached hydrogens (tertiary/aromatic N) is 2. The normalized spacial score (nSPS) is 20.9. The number of aryl methyl sites for hydroxylation is 1. The third-order valence-electron chi connectivity index (χ3n) is 5.95. The Morgan fingerprint density at radius 3 is 2.38 bits per heavy atom. The van der Waals surface area contributed by atoms with Crippen molar-refractivity contribution in [1.82, 2.24) is 4.31 Å². The minimum Gasteiger partial charge on any atom is -0.377 e. The van der Waals surface area contributed by atoms with Gasteiger partial charge in [0.25, 0.3) is 5.91 Å². The van der Waals surface area contributed by atoms with Gasteiger partial charge in [-0.2, -0.15) is 4.31 Å². The molecule has 180 valence electrons. The lowest BCUT2D eigenvalue weighted by molar-refractivity contribution is -0.122. The molecule has 0 spiro atoms. The second-order valence-corrected chi connectivity index (χ2v) is 10.4. The maximum Gasteiger partial charge on any atom is 0.252 e. The molecule has 0 bridgehead atoms. The minimum absolute atomic E-state index is 0.0266. The number of amides is 3. The lowest BCUT2D eigenvalue weighted by Crippen LogP contribution is -2.48. The molecule has 1 N–H and O–H groups in total. The zero-order valence-electron chi connectivity index (χ0n) is 19.1. The topological polar surface area (TPSA) is 113 Å². The molecule has 3 amide bonds. The summed E-state index contributed by atoms with van der Waals surface area (Å²) < 4.78 is 34.1. The first-order chi connectivity index (χ1) is 16.2. The van der Waals surface area contributed by atoms with E-state index in [2.05, 4.69) is 5.32 Å². The Balaban J connectivity index is 1.67. The quantitative estimate of drug-likeness (QED) is 0.603. The number of carbonyl (C=O) groups is 3. The van der Waals surface area contributed by atoms with Crippen LogP contribution in [0.3, 0.4) is 0 Å². The maximum atomic E-state index is 13.7. The van der Waals surface area contributed by atoms with Gasteiger partial charge in [-0.1, -0.05) is 17.7 Å². The van der Waals surface area contributed by atoms with E-state index < -0.39 is 27.9 Å². The molecular weight excluding hydrogens is 458 g/mol. The molecule has 4 rings (SSSR count). The Bertz CT molecular complexity index is 1190. The summed E-state index contributed by atoms with van der Waals surface area (Å²) >= 11 is 0. The van der Waals surface area contributed by atoms with E-state index in [0.717, 1.165) is 21.2 Å². The summed E-state index contributed by atoms with van der Waals surface area (Å²) in [5.74, 6) is -1.31. The highest BCUT2D eigenvalue weighted by Gasteiger charge is 2.47. The Hall–Kier alpha value is -3.08. The van der Waals surface area contributed by atoms with E-state index >= 15 is 0 Å². The molecule has 2 aliphatic heterocycles. The molecule has 2 fully saturated rings. The van der Waals surface area contributed by atoms with Crippen LogP contribution >= 0.6 is 0 Å². The standard InChI is InChI=1S/C24H27N3O6S/c1-16-5-9-19(10-6-16)27-23(29)14-22(24(27)30)26(15-20-4-3-13-33-20)34(31,32)21-11-7-18(8-12-21)25-17(2)28/h5-12,20,22H,3-4,13-15H2,1-2H3,(H,25,28). The summed E-state index contributed by atoms with van der Waals surface area (Å²) in [6.45, 7) is 3.75. The molecule has 2 unspecified atom stereocenters. The van der Waals surface area contributed by atoms with E-state index in [-0.39, 0.29) is 29.9 Å². The molecule has 0 saturated carbocycles. The highest BCUT2D eigenvalue weighted by molar-refractivity contribution is 7.89. The molecule has 2 aliphatic rings. The van der Waals surface area contributed by atoms with Crippen LogP contribution < -0.4 is 10.2 Å². The Kier molecular flexibility index (Phi) is 6.83. The molecule has 10 heteroatoms. The van der Waals surface area contributed by atoms with Gasteiger partial charge in [0.15, 0.2) is 0 Å². The van der Waals surface area contributed by atoms with Crippen molar-refractivity contribution >= 4 is 39.1 Å². The molecule has 9 nitrogen and oxygen atoms in total. The smallest absolute Gasteiger partial charge is 0.252 e. The number of sulfonamides is 1. The number of hydrogen-bond donors (Lipinski definition) is 1. The number of benzene rings is 2. The SMILES string of the molecule is CC(=O)Nc1ccc(S(=O)(=O)N(CC2CCCO2)C2CC(=O)N(c3ccc(C)cc3)C2=O)cc1. The van der Waals surface area contributed by atoms with Gasteiger partial charge in [-0.25, -0.2) is 13.3 Å². The van der Waals surface area contributed by atoms with Crippen molar-refractivity contribution in [2.24, 2.45) is 0 Å². The van der Waals surface area contributed by atoms with E-state index in [9.17, 15) is 22.8 Å². The fourth-order valence-corrected chi connectivity index (χ4v) is 5.85. The predicted octanol–water partition coefficient (Wildman–Crippen LogP) is 2.46. The first-order valence-corrected chi connectivity index (χ1v) is 12.6. The van der Waals surface area contributed by atoms with Gasteiger partial charge >= 0.3 is 0 Å². The second kappa shape index (κ2) is 9.65. The average Bonchev–Trinajstić information content (AvgIpc) is 3.40. The summed E-state index contributed by atoms with van der Waals surface area (Å²) in [6.07, 6.45) is 0.869. The molecule has 0 aliphatic carbocycles. The van der Waals surface area contributed by atoms with Crippen LogP contribution in [0.2, 0.25) is 0 Å². The first kappa shape index (κ1) is 24.1. The summed E-state index contributed by atoms with van der Waals surface area (Å²) in [5, 5.41) is 2.59. The highest BCUT2D eigenvalue weighted by Crippen LogP contribution is 2.31. The van der Waals surface area contributed by atoms with Crippen LogP contribution in [0.4, 0.5) is 11.4 Å². The van der Waals surface area contributed by atoms with Crippen LogP contribution in [0, 0.1) is 6.92 Å². The zero-order chi connectivity index (χ0) is 24.5. The Morgan fingerprint density at radius 2 is 1.79 bits per heavy atom. The summed E-state index contributed by atoms with van der Waals surface area (Å²) in [6, 6.07) is 11.5. The molecule has 0 radical (unpaired) electrons. The van der Waals surface area contributed by atoms with Gasteiger partial charge in [0, 0.05) is 25.8 Å². The van der Waals surface area contributed by atoms with Crippen molar-refractivity contribution < 1.29 is 27.5 Å². The molecule has 2 atom stereocenters. The third kappa shape index (κ3) is 4.89. The number of hydrogen-bond acceptors (Lipinski definition) is 6. The predicted molar refractivity (Wildman–Crippen MR) is 126 cm³/mol. The average molecular weight is 486 g/mol. The lowest BCUT2D eigenvalue weighted by Gasteiger charge is -2.29. The van der Waals surface area contributed by atoms with Gasteiger partial charge in [0.05, 0.1) is 23.1 Å². The lowest BCUT2D eigenvalue weighted by atomic mass is 10.2. The fourth-order valence-electron chi connectivity index (χ4n) is 4.24. The number of ether oxygens (including phenoxy) is 1.